The van der Waals surface area contributed by atoms with Crippen LogP contribution in [0.1, 0.15) is 63.5 Å². The van der Waals surface area contributed by atoms with Crippen molar-refractivity contribution in [2.75, 3.05) is 0 Å². The van der Waals surface area contributed by atoms with Crippen LogP contribution in [0.15, 0.2) is 28.7 Å². The zero-order chi connectivity index (χ0) is 15.9. The number of rotatable bonds is 8. The lowest BCUT2D eigenvalue weighted by molar-refractivity contribution is 0.0651. The summed E-state index contributed by atoms with van der Waals surface area (Å²) in [6.07, 6.45) is 5.84. The number of hydrogen-bond acceptors (Lipinski definition) is 1. The Bertz CT molecular complexity index is 472. The molecule has 0 heterocycles. The Morgan fingerprint density at radius 2 is 1.57 bits per heavy atom. The van der Waals surface area contributed by atoms with E-state index in [1.165, 1.54) is 5.56 Å². The van der Waals surface area contributed by atoms with Crippen LogP contribution in [0.4, 0.5) is 0 Å². The lowest BCUT2D eigenvalue weighted by atomic mass is 9.89. The standard InChI is InChI=1S/C18H26Br2O/c1-4-6-12-18(21,13-7-5-2)17(20)16(19)15-11-9-8-10-14(15)3/h8-11,21H,4-7,12-13H2,1-3H3/b17-16+. The van der Waals surface area contributed by atoms with Gasteiger partial charge in [-0.05, 0) is 46.8 Å². The zero-order valence-corrected chi connectivity index (χ0v) is 16.4. The smallest absolute Gasteiger partial charge is 0.0972 e. The highest BCUT2D eigenvalue weighted by molar-refractivity contribution is 9.16. The maximum Gasteiger partial charge on any atom is 0.0972 e. The molecule has 0 aliphatic rings. The Hall–Kier alpha value is -0.120. The van der Waals surface area contributed by atoms with E-state index in [1.54, 1.807) is 0 Å². The molecule has 0 aliphatic carbocycles. The van der Waals surface area contributed by atoms with Gasteiger partial charge in [0.25, 0.3) is 0 Å². The summed E-state index contributed by atoms with van der Waals surface area (Å²) in [6.45, 7) is 6.41. The minimum absolute atomic E-state index is 0.771. The fourth-order valence-electron chi connectivity index (χ4n) is 2.42. The highest BCUT2D eigenvalue weighted by atomic mass is 79.9. The first-order valence-electron chi connectivity index (χ1n) is 7.80. The summed E-state index contributed by atoms with van der Waals surface area (Å²) in [5.41, 5.74) is 1.57. The lowest BCUT2D eigenvalue weighted by Gasteiger charge is -2.29. The number of benzene rings is 1. The molecule has 1 nitrogen and oxygen atoms in total. The van der Waals surface area contributed by atoms with Crippen LogP contribution in [0.25, 0.3) is 4.48 Å². The predicted octanol–water partition coefficient (Wildman–Crippen LogP) is 6.56. The van der Waals surface area contributed by atoms with Gasteiger partial charge in [-0.2, -0.15) is 0 Å². The van der Waals surface area contributed by atoms with Crippen LogP contribution in [0.2, 0.25) is 0 Å². The van der Waals surface area contributed by atoms with Gasteiger partial charge in [-0.15, -0.1) is 0 Å². The SMILES string of the molecule is CCCCC(O)(CCCC)/C(Br)=C(\Br)c1ccccc1C. The van der Waals surface area contributed by atoms with Crippen molar-refractivity contribution in [2.24, 2.45) is 0 Å². The summed E-state index contributed by atoms with van der Waals surface area (Å²) < 4.78 is 1.85. The number of unbranched alkanes of at least 4 members (excludes halogenated alkanes) is 2. The van der Waals surface area contributed by atoms with Crippen LogP contribution in [0.5, 0.6) is 0 Å². The van der Waals surface area contributed by atoms with Crippen LogP contribution >= 0.6 is 31.9 Å². The van der Waals surface area contributed by atoms with E-state index in [9.17, 15) is 5.11 Å². The fraction of sp³-hybridized carbons (Fsp3) is 0.556. The average Bonchev–Trinajstić information content (AvgIpc) is 2.50. The van der Waals surface area contributed by atoms with Crippen molar-refractivity contribution in [3.05, 3.63) is 39.9 Å². The number of aryl methyl sites for hydroxylation is 1. The van der Waals surface area contributed by atoms with Gasteiger partial charge in [0, 0.05) is 8.96 Å². The second kappa shape index (κ2) is 9.12. The molecule has 118 valence electrons. The van der Waals surface area contributed by atoms with E-state index in [2.05, 4.69) is 64.8 Å². The number of hydrogen-bond donors (Lipinski definition) is 1. The first-order valence-corrected chi connectivity index (χ1v) is 9.39. The summed E-state index contributed by atoms with van der Waals surface area (Å²) in [5.74, 6) is 0. The molecule has 0 saturated carbocycles. The van der Waals surface area contributed by atoms with Crippen LogP contribution in [0.3, 0.4) is 0 Å². The maximum absolute atomic E-state index is 11.1. The van der Waals surface area contributed by atoms with Crippen LogP contribution < -0.4 is 0 Å². The molecule has 1 rings (SSSR count). The predicted molar refractivity (Wildman–Crippen MR) is 100.0 cm³/mol. The Morgan fingerprint density at radius 3 is 2.05 bits per heavy atom. The van der Waals surface area contributed by atoms with Crippen molar-refractivity contribution in [1.82, 2.24) is 0 Å². The highest BCUT2D eigenvalue weighted by Gasteiger charge is 2.31. The molecular weight excluding hydrogens is 392 g/mol. The molecule has 0 unspecified atom stereocenters. The maximum atomic E-state index is 11.1. The van der Waals surface area contributed by atoms with E-state index in [0.717, 1.165) is 53.1 Å². The fourth-order valence-corrected chi connectivity index (χ4v) is 3.85. The third kappa shape index (κ3) is 5.22. The molecule has 1 aromatic carbocycles. The molecule has 0 saturated heterocycles. The van der Waals surface area contributed by atoms with Crippen LogP contribution in [-0.2, 0) is 0 Å². The van der Waals surface area contributed by atoms with E-state index >= 15 is 0 Å². The van der Waals surface area contributed by atoms with E-state index in [0.29, 0.717) is 0 Å². The van der Waals surface area contributed by atoms with E-state index in [4.69, 9.17) is 0 Å². The monoisotopic (exact) mass is 416 g/mol. The van der Waals surface area contributed by atoms with Gasteiger partial charge >= 0.3 is 0 Å². The van der Waals surface area contributed by atoms with Crippen LogP contribution in [-0.4, -0.2) is 10.7 Å². The Morgan fingerprint density at radius 1 is 1.05 bits per heavy atom. The zero-order valence-electron chi connectivity index (χ0n) is 13.3. The molecule has 1 N–H and O–H groups in total. The van der Waals surface area contributed by atoms with Gasteiger partial charge in [-0.3, -0.25) is 0 Å². The second-order valence-corrected chi connectivity index (χ2v) is 7.27. The third-order valence-electron chi connectivity index (χ3n) is 3.87. The third-order valence-corrected chi connectivity index (χ3v) is 6.36. The minimum atomic E-state index is -0.771. The summed E-state index contributed by atoms with van der Waals surface area (Å²) >= 11 is 7.37. The van der Waals surface area contributed by atoms with Gasteiger partial charge in [-0.1, -0.05) is 79.7 Å². The molecule has 0 aliphatic heterocycles. The molecule has 0 spiro atoms. The minimum Gasteiger partial charge on any atom is -0.385 e. The van der Waals surface area contributed by atoms with Crippen LogP contribution in [0, 0.1) is 6.92 Å². The summed E-state index contributed by atoms with van der Waals surface area (Å²) in [5, 5.41) is 11.1. The van der Waals surface area contributed by atoms with E-state index < -0.39 is 5.60 Å². The molecule has 21 heavy (non-hydrogen) atoms. The molecule has 0 bridgehead atoms. The van der Waals surface area contributed by atoms with Crippen molar-refractivity contribution < 1.29 is 5.11 Å². The van der Waals surface area contributed by atoms with Crippen molar-refractivity contribution in [3.63, 3.8) is 0 Å². The highest BCUT2D eigenvalue weighted by Crippen LogP contribution is 2.41. The van der Waals surface area contributed by atoms with Gasteiger partial charge in [0.2, 0.25) is 0 Å². The molecule has 1 aromatic rings. The van der Waals surface area contributed by atoms with Crippen molar-refractivity contribution in [3.8, 4) is 0 Å². The molecule has 0 atom stereocenters. The first-order chi connectivity index (χ1) is 9.96. The molecule has 0 fully saturated rings. The number of aliphatic hydroxyl groups is 1. The topological polar surface area (TPSA) is 20.2 Å². The second-order valence-electron chi connectivity index (χ2n) is 5.68. The number of halogens is 2. The molecule has 3 heteroatoms. The molecule has 0 amide bonds. The molecular formula is C18H26Br2O. The first kappa shape index (κ1) is 18.9. The summed E-state index contributed by atoms with van der Waals surface area (Å²) in [4.78, 5) is 0. The van der Waals surface area contributed by atoms with E-state index in [1.807, 2.05) is 12.1 Å². The Balaban J connectivity index is 3.15. The van der Waals surface area contributed by atoms with Crippen molar-refractivity contribution in [1.29, 1.82) is 0 Å². The van der Waals surface area contributed by atoms with E-state index in [-0.39, 0.29) is 0 Å². The Kier molecular flexibility index (Phi) is 8.22. The largest absolute Gasteiger partial charge is 0.385 e. The Labute approximate surface area is 146 Å². The van der Waals surface area contributed by atoms with Gasteiger partial charge in [0.15, 0.2) is 0 Å². The van der Waals surface area contributed by atoms with Crippen molar-refractivity contribution in [2.45, 2.75) is 64.9 Å². The lowest BCUT2D eigenvalue weighted by Crippen LogP contribution is -2.29. The normalized spacial score (nSPS) is 13.2. The van der Waals surface area contributed by atoms with Gasteiger partial charge < -0.3 is 5.11 Å². The van der Waals surface area contributed by atoms with Gasteiger partial charge in [0.05, 0.1) is 5.60 Å². The summed E-state index contributed by atoms with van der Waals surface area (Å²) in [6, 6.07) is 8.24. The molecule has 0 radical (unpaired) electrons. The quantitative estimate of drug-likeness (QED) is 0.507. The van der Waals surface area contributed by atoms with Gasteiger partial charge in [-0.25, -0.2) is 0 Å². The molecule has 0 aromatic heterocycles. The van der Waals surface area contributed by atoms with Crippen molar-refractivity contribution >= 4 is 36.3 Å². The summed E-state index contributed by atoms with van der Waals surface area (Å²) in [7, 11) is 0. The average molecular weight is 418 g/mol. The van der Waals surface area contributed by atoms with Gasteiger partial charge in [0.1, 0.15) is 0 Å².